The Balaban J connectivity index is 2.51. The van der Waals surface area contributed by atoms with Gasteiger partial charge in [-0.25, -0.2) is 4.39 Å². The molecule has 0 amide bonds. The van der Waals surface area contributed by atoms with Crippen LogP contribution in [0.4, 0.5) is 4.39 Å². The lowest BCUT2D eigenvalue weighted by Gasteiger charge is -2.05. The Morgan fingerprint density at radius 3 is 2.88 bits per heavy atom. The Labute approximate surface area is 96.3 Å². The maximum Gasteiger partial charge on any atom is 0.172 e. The van der Waals surface area contributed by atoms with Crippen molar-refractivity contribution >= 4 is 17.6 Å². The van der Waals surface area contributed by atoms with Crippen LogP contribution < -0.4 is 4.74 Å². The number of rotatable bonds is 3. The Bertz CT molecular complexity index is 519. The van der Waals surface area contributed by atoms with Gasteiger partial charge in [0, 0.05) is 5.56 Å². The lowest BCUT2D eigenvalue weighted by Crippen LogP contribution is -1.90. The topological polar surface area (TPSA) is 26.3 Å². The van der Waals surface area contributed by atoms with Crippen LogP contribution in [-0.2, 0) is 0 Å². The highest BCUT2D eigenvalue weighted by molar-refractivity contribution is 7.12. The van der Waals surface area contributed by atoms with Crippen LogP contribution in [-0.4, -0.2) is 13.4 Å². The zero-order valence-electron chi connectivity index (χ0n) is 8.57. The predicted octanol–water partition coefficient (Wildman–Crippen LogP) is 3.38. The van der Waals surface area contributed by atoms with Crippen LogP contribution in [0.1, 0.15) is 9.67 Å². The molecule has 0 saturated carbocycles. The average molecular weight is 236 g/mol. The number of methoxy groups -OCH3 is 1. The second kappa shape index (κ2) is 4.45. The van der Waals surface area contributed by atoms with Gasteiger partial charge in [0.15, 0.2) is 17.9 Å². The Morgan fingerprint density at radius 2 is 2.25 bits per heavy atom. The summed E-state index contributed by atoms with van der Waals surface area (Å²) in [6, 6.07) is 6.60. The number of aldehydes is 1. The molecule has 0 aliphatic rings. The maximum atomic E-state index is 13.9. The molecule has 0 bridgehead atoms. The first-order valence-corrected chi connectivity index (χ1v) is 5.51. The van der Waals surface area contributed by atoms with Gasteiger partial charge < -0.3 is 4.74 Å². The van der Waals surface area contributed by atoms with E-state index in [1.807, 2.05) is 0 Å². The van der Waals surface area contributed by atoms with Crippen molar-refractivity contribution in [3.8, 4) is 16.9 Å². The van der Waals surface area contributed by atoms with E-state index in [1.165, 1.54) is 18.4 Å². The van der Waals surface area contributed by atoms with Gasteiger partial charge in [-0.3, -0.25) is 4.79 Å². The Hall–Kier alpha value is -1.68. The minimum atomic E-state index is -0.403. The van der Waals surface area contributed by atoms with Crippen molar-refractivity contribution in [3.63, 3.8) is 0 Å². The van der Waals surface area contributed by atoms with E-state index in [0.29, 0.717) is 16.0 Å². The molecular formula is C12H9FO2S. The van der Waals surface area contributed by atoms with E-state index in [0.717, 1.165) is 6.29 Å². The van der Waals surface area contributed by atoms with Crippen molar-refractivity contribution in [2.45, 2.75) is 0 Å². The predicted molar refractivity (Wildman–Crippen MR) is 61.7 cm³/mol. The maximum absolute atomic E-state index is 13.9. The first kappa shape index (κ1) is 10.8. The van der Waals surface area contributed by atoms with Gasteiger partial charge >= 0.3 is 0 Å². The highest BCUT2D eigenvalue weighted by atomic mass is 32.1. The molecule has 2 rings (SSSR count). The van der Waals surface area contributed by atoms with Crippen LogP contribution in [0, 0.1) is 5.82 Å². The molecule has 0 radical (unpaired) electrons. The molecule has 0 fully saturated rings. The molecule has 0 aliphatic heterocycles. The first-order chi connectivity index (χ1) is 7.76. The Morgan fingerprint density at radius 1 is 1.44 bits per heavy atom. The summed E-state index contributed by atoms with van der Waals surface area (Å²) in [7, 11) is 1.42. The van der Waals surface area contributed by atoms with E-state index >= 15 is 0 Å². The highest BCUT2D eigenvalue weighted by Gasteiger charge is 2.11. The average Bonchev–Trinajstić information content (AvgIpc) is 2.78. The van der Waals surface area contributed by atoms with Crippen LogP contribution >= 0.6 is 11.3 Å². The molecule has 82 valence electrons. The third kappa shape index (κ3) is 1.84. The molecule has 2 nitrogen and oxygen atoms in total. The van der Waals surface area contributed by atoms with Gasteiger partial charge in [-0.1, -0.05) is 12.1 Å². The minimum Gasteiger partial charge on any atom is -0.494 e. The molecule has 1 aromatic carbocycles. The second-order valence-corrected chi connectivity index (χ2v) is 4.12. The summed E-state index contributed by atoms with van der Waals surface area (Å²) in [5, 5.41) is 1.75. The molecule has 1 heterocycles. The van der Waals surface area contributed by atoms with Gasteiger partial charge in [0.2, 0.25) is 0 Å². The zero-order valence-corrected chi connectivity index (χ0v) is 9.38. The summed E-state index contributed by atoms with van der Waals surface area (Å²) in [6.45, 7) is 0. The lowest BCUT2D eigenvalue weighted by atomic mass is 10.1. The normalized spacial score (nSPS) is 10.1. The SMILES string of the molecule is COc1cccc(-c2csc(C=O)c2)c1F. The monoisotopic (exact) mass is 236 g/mol. The smallest absolute Gasteiger partial charge is 0.172 e. The third-order valence-electron chi connectivity index (χ3n) is 2.23. The quantitative estimate of drug-likeness (QED) is 0.764. The number of carbonyl (C=O) groups is 1. The van der Waals surface area contributed by atoms with Crippen molar-refractivity contribution in [2.75, 3.05) is 7.11 Å². The van der Waals surface area contributed by atoms with E-state index < -0.39 is 5.82 Å². The molecule has 0 N–H and O–H groups in total. The van der Waals surface area contributed by atoms with E-state index in [4.69, 9.17) is 4.74 Å². The summed E-state index contributed by atoms with van der Waals surface area (Å²) >= 11 is 1.29. The fourth-order valence-electron chi connectivity index (χ4n) is 1.45. The standard InChI is InChI=1S/C12H9FO2S/c1-15-11-4-2-3-10(12(11)13)8-5-9(6-14)16-7-8/h2-7H,1H3. The van der Waals surface area contributed by atoms with Crippen LogP contribution in [0.2, 0.25) is 0 Å². The van der Waals surface area contributed by atoms with Gasteiger partial charge in [0.25, 0.3) is 0 Å². The molecule has 2 aromatic rings. The van der Waals surface area contributed by atoms with Gasteiger partial charge in [0.1, 0.15) is 0 Å². The van der Waals surface area contributed by atoms with Crippen molar-refractivity contribution in [1.29, 1.82) is 0 Å². The molecule has 0 atom stereocenters. The van der Waals surface area contributed by atoms with Crippen LogP contribution in [0.5, 0.6) is 5.75 Å². The number of thiophene rings is 1. The lowest BCUT2D eigenvalue weighted by molar-refractivity contribution is 0.112. The van der Waals surface area contributed by atoms with Gasteiger partial charge in [-0.2, -0.15) is 0 Å². The number of ether oxygens (including phenoxy) is 1. The zero-order chi connectivity index (χ0) is 11.5. The molecule has 0 spiro atoms. The number of benzene rings is 1. The molecule has 0 unspecified atom stereocenters. The summed E-state index contributed by atoms with van der Waals surface area (Å²) in [6.07, 6.45) is 0.756. The van der Waals surface area contributed by atoms with Crippen LogP contribution in [0.15, 0.2) is 29.6 Å². The highest BCUT2D eigenvalue weighted by Crippen LogP contribution is 2.31. The van der Waals surface area contributed by atoms with Crippen molar-refractivity contribution in [2.24, 2.45) is 0 Å². The summed E-state index contributed by atoms with van der Waals surface area (Å²) in [5.41, 5.74) is 1.15. The number of hydrogen-bond acceptors (Lipinski definition) is 3. The fourth-order valence-corrected chi connectivity index (χ4v) is 2.16. The van der Waals surface area contributed by atoms with E-state index in [1.54, 1.807) is 29.6 Å². The van der Waals surface area contributed by atoms with Crippen molar-refractivity contribution in [1.82, 2.24) is 0 Å². The molecule has 0 saturated heterocycles. The third-order valence-corrected chi connectivity index (χ3v) is 3.09. The number of carbonyl (C=O) groups excluding carboxylic acids is 1. The Kier molecular flexibility index (Phi) is 3.01. The van der Waals surface area contributed by atoms with E-state index in [9.17, 15) is 9.18 Å². The summed E-state index contributed by atoms with van der Waals surface area (Å²) in [4.78, 5) is 11.1. The molecule has 16 heavy (non-hydrogen) atoms. The second-order valence-electron chi connectivity index (χ2n) is 3.18. The summed E-state index contributed by atoms with van der Waals surface area (Å²) < 4.78 is 18.8. The number of halogens is 1. The molecule has 4 heteroatoms. The first-order valence-electron chi connectivity index (χ1n) is 4.63. The van der Waals surface area contributed by atoms with E-state index in [2.05, 4.69) is 0 Å². The van der Waals surface area contributed by atoms with Crippen LogP contribution in [0.3, 0.4) is 0 Å². The van der Waals surface area contributed by atoms with E-state index in [-0.39, 0.29) is 5.75 Å². The van der Waals surface area contributed by atoms with Gasteiger partial charge in [-0.05, 0) is 23.1 Å². The van der Waals surface area contributed by atoms with Crippen LogP contribution in [0.25, 0.3) is 11.1 Å². The molecular weight excluding hydrogens is 227 g/mol. The largest absolute Gasteiger partial charge is 0.494 e. The fraction of sp³-hybridized carbons (Fsp3) is 0.0833. The van der Waals surface area contributed by atoms with Crippen molar-refractivity contribution < 1.29 is 13.9 Å². The van der Waals surface area contributed by atoms with Crippen molar-refractivity contribution in [3.05, 3.63) is 40.3 Å². The number of hydrogen-bond donors (Lipinski definition) is 0. The van der Waals surface area contributed by atoms with Gasteiger partial charge in [0.05, 0.1) is 12.0 Å². The summed E-state index contributed by atoms with van der Waals surface area (Å²) in [5.74, 6) is -0.198. The van der Waals surface area contributed by atoms with Gasteiger partial charge in [-0.15, -0.1) is 11.3 Å². The molecule has 1 aromatic heterocycles. The minimum absolute atomic E-state index is 0.205. The molecule has 0 aliphatic carbocycles.